The van der Waals surface area contributed by atoms with Crippen LogP contribution in [0.25, 0.3) is 0 Å². The summed E-state index contributed by atoms with van der Waals surface area (Å²) in [6.45, 7) is 5.25. The number of rotatable bonds is 2. The second kappa shape index (κ2) is 7.57. The number of benzene rings is 1. The fourth-order valence-electron chi connectivity index (χ4n) is 3.70. The second-order valence-corrected chi connectivity index (χ2v) is 6.84. The number of nitrogens with zero attached hydrogens (tertiary/aromatic N) is 3. The Morgan fingerprint density at radius 1 is 1.04 bits per heavy atom. The maximum absolute atomic E-state index is 13.9. The van der Waals surface area contributed by atoms with Gasteiger partial charge in [-0.1, -0.05) is 0 Å². The molecule has 0 N–H and O–H groups in total. The highest BCUT2D eigenvalue weighted by atomic mass is 19.1. The first kappa shape index (κ1) is 17.3. The van der Waals surface area contributed by atoms with Crippen molar-refractivity contribution >= 4 is 5.91 Å². The van der Waals surface area contributed by atoms with Crippen LogP contribution in [0.4, 0.5) is 8.78 Å². The van der Waals surface area contributed by atoms with Crippen LogP contribution in [-0.2, 0) is 0 Å². The van der Waals surface area contributed by atoms with Crippen LogP contribution in [0.3, 0.4) is 0 Å². The van der Waals surface area contributed by atoms with Gasteiger partial charge in [0.15, 0.2) is 0 Å². The average molecular weight is 337 g/mol. The van der Waals surface area contributed by atoms with Gasteiger partial charge in [-0.05, 0) is 51.5 Å². The first-order valence-electron chi connectivity index (χ1n) is 8.71. The summed E-state index contributed by atoms with van der Waals surface area (Å²) in [5.41, 5.74) is -0.0378. The Kier molecular flexibility index (Phi) is 5.46. The molecule has 0 aromatic heterocycles. The summed E-state index contributed by atoms with van der Waals surface area (Å²) in [6.07, 6.45) is 3.22. The van der Waals surface area contributed by atoms with Crippen molar-refractivity contribution in [1.29, 1.82) is 0 Å². The van der Waals surface area contributed by atoms with E-state index in [-0.39, 0.29) is 11.5 Å². The number of hydrogen-bond acceptors (Lipinski definition) is 3. The zero-order valence-corrected chi connectivity index (χ0v) is 14.2. The van der Waals surface area contributed by atoms with Gasteiger partial charge >= 0.3 is 0 Å². The molecular weight excluding hydrogens is 312 g/mol. The van der Waals surface area contributed by atoms with Gasteiger partial charge in [0, 0.05) is 38.3 Å². The van der Waals surface area contributed by atoms with Crippen molar-refractivity contribution in [2.24, 2.45) is 0 Å². The van der Waals surface area contributed by atoms with Crippen molar-refractivity contribution in [3.63, 3.8) is 0 Å². The maximum Gasteiger partial charge on any atom is 0.256 e. The van der Waals surface area contributed by atoms with E-state index < -0.39 is 11.6 Å². The molecule has 2 aliphatic heterocycles. The van der Waals surface area contributed by atoms with Crippen molar-refractivity contribution in [2.75, 3.05) is 46.3 Å². The number of carbonyl (C=O) groups is 1. The Balaban J connectivity index is 1.61. The molecule has 24 heavy (non-hydrogen) atoms. The predicted octanol–water partition coefficient (Wildman–Crippen LogP) is 2.21. The first-order valence-corrected chi connectivity index (χ1v) is 8.71. The average Bonchev–Trinajstić information content (AvgIpc) is 2.81. The molecule has 1 aromatic carbocycles. The lowest BCUT2D eigenvalue weighted by Gasteiger charge is -2.36. The van der Waals surface area contributed by atoms with Gasteiger partial charge in [0.05, 0.1) is 5.56 Å². The largest absolute Gasteiger partial charge is 0.337 e. The van der Waals surface area contributed by atoms with Crippen LogP contribution in [0, 0.1) is 11.6 Å². The van der Waals surface area contributed by atoms with Gasteiger partial charge in [0.25, 0.3) is 5.91 Å². The van der Waals surface area contributed by atoms with Crippen molar-refractivity contribution < 1.29 is 13.6 Å². The lowest BCUT2D eigenvalue weighted by molar-refractivity contribution is 0.0745. The highest BCUT2D eigenvalue weighted by Gasteiger charge is 2.27. The van der Waals surface area contributed by atoms with Gasteiger partial charge in [-0.2, -0.15) is 0 Å². The molecule has 2 heterocycles. The maximum atomic E-state index is 13.9. The van der Waals surface area contributed by atoms with Gasteiger partial charge in [-0.3, -0.25) is 9.69 Å². The van der Waals surface area contributed by atoms with Crippen molar-refractivity contribution in [2.45, 2.75) is 25.3 Å². The summed E-state index contributed by atoms with van der Waals surface area (Å²) in [7, 11) is 2.15. The molecule has 2 saturated heterocycles. The molecule has 2 aliphatic rings. The van der Waals surface area contributed by atoms with Gasteiger partial charge in [0.2, 0.25) is 0 Å². The summed E-state index contributed by atoms with van der Waals surface area (Å²) < 4.78 is 26.9. The quantitative estimate of drug-likeness (QED) is 0.828. The fraction of sp³-hybridized carbons (Fsp3) is 0.611. The Morgan fingerprint density at radius 3 is 2.50 bits per heavy atom. The summed E-state index contributed by atoms with van der Waals surface area (Å²) in [5.74, 6) is -1.78. The summed E-state index contributed by atoms with van der Waals surface area (Å²) >= 11 is 0. The molecule has 0 bridgehead atoms. The van der Waals surface area contributed by atoms with Crippen molar-refractivity contribution in [1.82, 2.24) is 14.7 Å². The van der Waals surface area contributed by atoms with E-state index in [9.17, 15) is 13.6 Å². The van der Waals surface area contributed by atoms with E-state index in [0.29, 0.717) is 19.1 Å². The van der Waals surface area contributed by atoms with Gasteiger partial charge < -0.3 is 9.80 Å². The molecular formula is C18H25F2N3O. The third-order valence-electron chi connectivity index (χ3n) is 5.18. The zero-order valence-electron chi connectivity index (χ0n) is 14.2. The normalized spacial score (nSPS) is 21.7. The number of halogens is 2. The Hall–Kier alpha value is -1.53. The minimum atomic E-state index is -0.781. The third-order valence-corrected chi connectivity index (χ3v) is 5.18. The molecule has 0 aliphatic carbocycles. The molecule has 1 amide bonds. The number of amides is 1. The van der Waals surface area contributed by atoms with Crippen LogP contribution in [0.15, 0.2) is 18.2 Å². The minimum absolute atomic E-state index is 0.0378. The molecule has 0 unspecified atom stereocenters. The van der Waals surface area contributed by atoms with Crippen LogP contribution < -0.4 is 0 Å². The summed E-state index contributed by atoms with van der Waals surface area (Å²) in [5, 5.41) is 0. The molecule has 0 radical (unpaired) electrons. The van der Waals surface area contributed by atoms with Crippen LogP contribution >= 0.6 is 0 Å². The Labute approximate surface area is 142 Å². The molecule has 3 rings (SSSR count). The van der Waals surface area contributed by atoms with E-state index in [0.717, 1.165) is 57.6 Å². The van der Waals surface area contributed by atoms with E-state index in [1.165, 1.54) is 6.07 Å². The standard InChI is InChI=1S/C18H25F2N3O/c1-21-9-5-15(6-10-21)22-7-2-8-23(12-11-22)18(24)16-4-3-14(19)13-17(16)20/h3-4,13,15H,2,5-12H2,1H3. The third kappa shape index (κ3) is 3.92. The number of likely N-dealkylation sites (tertiary alicyclic amines) is 1. The zero-order chi connectivity index (χ0) is 17.1. The minimum Gasteiger partial charge on any atom is -0.337 e. The van der Waals surface area contributed by atoms with Gasteiger partial charge in [-0.15, -0.1) is 0 Å². The number of carbonyl (C=O) groups excluding carboxylic acids is 1. The lowest BCUT2D eigenvalue weighted by atomic mass is 10.0. The van der Waals surface area contributed by atoms with Crippen LogP contribution in [-0.4, -0.2) is 73.0 Å². The Bertz CT molecular complexity index is 588. The lowest BCUT2D eigenvalue weighted by Crippen LogP contribution is -2.45. The Morgan fingerprint density at radius 2 is 1.79 bits per heavy atom. The van der Waals surface area contributed by atoms with E-state index in [1.807, 2.05) is 0 Å². The van der Waals surface area contributed by atoms with E-state index in [2.05, 4.69) is 16.8 Å². The highest BCUT2D eigenvalue weighted by molar-refractivity contribution is 5.94. The number of hydrogen-bond donors (Lipinski definition) is 0. The smallest absolute Gasteiger partial charge is 0.256 e. The first-order chi connectivity index (χ1) is 11.5. The molecule has 0 atom stereocenters. The van der Waals surface area contributed by atoms with E-state index in [1.54, 1.807) is 4.90 Å². The molecule has 0 saturated carbocycles. The van der Waals surface area contributed by atoms with Crippen LogP contribution in [0.1, 0.15) is 29.6 Å². The van der Waals surface area contributed by atoms with Crippen LogP contribution in [0.2, 0.25) is 0 Å². The topological polar surface area (TPSA) is 26.8 Å². The van der Waals surface area contributed by atoms with E-state index in [4.69, 9.17) is 0 Å². The predicted molar refractivity (Wildman–Crippen MR) is 89.0 cm³/mol. The summed E-state index contributed by atoms with van der Waals surface area (Å²) in [4.78, 5) is 19.1. The summed E-state index contributed by atoms with van der Waals surface area (Å²) in [6, 6.07) is 3.74. The number of piperidine rings is 1. The van der Waals surface area contributed by atoms with Crippen molar-refractivity contribution in [3.8, 4) is 0 Å². The van der Waals surface area contributed by atoms with Crippen molar-refractivity contribution in [3.05, 3.63) is 35.4 Å². The molecule has 1 aromatic rings. The van der Waals surface area contributed by atoms with Crippen LogP contribution in [0.5, 0.6) is 0 Å². The highest BCUT2D eigenvalue weighted by Crippen LogP contribution is 2.19. The van der Waals surface area contributed by atoms with Gasteiger partial charge in [0.1, 0.15) is 11.6 Å². The molecule has 4 nitrogen and oxygen atoms in total. The SMILES string of the molecule is CN1CCC(N2CCCN(C(=O)c3ccc(F)cc3F)CC2)CC1. The molecule has 0 spiro atoms. The fourth-order valence-corrected chi connectivity index (χ4v) is 3.70. The molecule has 132 valence electrons. The van der Waals surface area contributed by atoms with Gasteiger partial charge in [-0.25, -0.2) is 8.78 Å². The second-order valence-electron chi connectivity index (χ2n) is 6.84. The molecule has 2 fully saturated rings. The molecule has 6 heteroatoms. The monoisotopic (exact) mass is 337 g/mol. The van der Waals surface area contributed by atoms with E-state index >= 15 is 0 Å².